The van der Waals surface area contributed by atoms with Gasteiger partial charge in [-0.15, -0.1) is 0 Å². The molecule has 1 atom stereocenters. The van der Waals surface area contributed by atoms with Gasteiger partial charge in [-0.1, -0.05) is 24.3 Å². The summed E-state index contributed by atoms with van der Waals surface area (Å²) in [5, 5.41) is 1.79. The van der Waals surface area contributed by atoms with Crippen LogP contribution in [0.25, 0.3) is 0 Å². The molecule has 0 aliphatic heterocycles. The number of nitrogens with one attached hydrogen (secondary N) is 2. The van der Waals surface area contributed by atoms with E-state index in [9.17, 15) is 22.8 Å². The number of anilines is 1. The Bertz CT molecular complexity index is 960. The molecule has 142 valence electrons. The molecule has 3 amide bonds. The topological polar surface area (TPSA) is 145 Å². The Morgan fingerprint density at radius 2 is 1.70 bits per heavy atom. The van der Waals surface area contributed by atoms with E-state index in [1.54, 1.807) is 23.5 Å². The minimum Gasteiger partial charge on any atom is -0.449 e. The highest BCUT2D eigenvalue weighted by atomic mass is 32.2. The minimum absolute atomic E-state index is 0.0157. The molecule has 0 fully saturated rings. The molecule has 0 unspecified atom stereocenters. The SMILES string of the molecule is C[C@@H](OC(=O)c1cccc(NS(=O)(=O)c2ccccc2)c1)C(=O)NC(N)=O. The largest absolute Gasteiger partial charge is 0.449 e. The molecule has 0 aliphatic carbocycles. The average Bonchev–Trinajstić information content (AvgIpc) is 2.61. The van der Waals surface area contributed by atoms with Crippen LogP contribution in [0.1, 0.15) is 17.3 Å². The third-order valence-electron chi connectivity index (χ3n) is 3.30. The van der Waals surface area contributed by atoms with Crippen LogP contribution in [0.3, 0.4) is 0 Å². The number of carbonyl (C=O) groups excluding carboxylic acids is 3. The van der Waals surface area contributed by atoms with E-state index in [0.29, 0.717) is 0 Å². The molecule has 2 aromatic rings. The fourth-order valence-electron chi connectivity index (χ4n) is 2.03. The third-order valence-corrected chi connectivity index (χ3v) is 4.70. The molecule has 0 saturated heterocycles. The molecule has 0 radical (unpaired) electrons. The fourth-order valence-corrected chi connectivity index (χ4v) is 3.10. The van der Waals surface area contributed by atoms with Crippen LogP contribution in [-0.4, -0.2) is 32.4 Å². The van der Waals surface area contributed by atoms with E-state index in [2.05, 4.69) is 4.72 Å². The summed E-state index contributed by atoms with van der Waals surface area (Å²) in [6.45, 7) is 1.26. The van der Waals surface area contributed by atoms with E-state index in [4.69, 9.17) is 10.5 Å². The van der Waals surface area contributed by atoms with Gasteiger partial charge in [-0.25, -0.2) is 18.0 Å². The number of amides is 3. The van der Waals surface area contributed by atoms with Crippen LogP contribution < -0.4 is 15.8 Å². The Hall–Kier alpha value is -3.40. The molecule has 4 N–H and O–H groups in total. The summed E-state index contributed by atoms with van der Waals surface area (Å²) in [6, 6.07) is 12.2. The van der Waals surface area contributed by atoms with Crippen LogP contribution in [-0.2, 0) is 19.6 Å². The van der Waals surface area contributed by atoms with Gasteiger partial charge < -0.3 is 10.5 Å². The van der Waals surface area contributed by atoms with Crippen LogP contribution in [0.2, 0.25) is 0 Å². The van der Waals surface area contributed by atoms with E-state index < -0.39 is 34.0 Å². The lowest BCUT2D eigenvalue weighted by molar-refractivity contribution is -0.127. The second-order valence-electron chi connectivity index (χ2n) is 5.40. The first kappa shape index (κ1) is 19.9. The molecule has 10 heteroatoms. The second-order valence-corrected chi connectivity index (χ2v) is 7.08. The number of primary amides is 1. The molecule has 27 heavy (non-hydrogen) atoms. The molecule has 0 aliphatic rings. The molecule has 0 aromatic heterocycles. The van der Waals surface area contributed by atoms with Gasteiger partial charge in [-0.05, 0) is 37.3 Å². The van der Waals surface area contributed by atoms with Crippen LogP contribution in [0.5, 0.6) is 0 Å². The number of esters is 1. The van der Waals surface area contributed by atoms with E-state index in [1.165, 1.54) is 43.3 Å². The lowest BCUT2D eigenvalue weighted by Gasteiger charge is -2.13. The van der Waals surface area contributed by atoms with Crippen LogP contribution >= 0.6 is 0 Å². The van der Waals surface area contributed by atoms with E-state index >= 15 is 0 Å². The number of imide groups is 1. The van der Waals surface area contributed by atoms with Gasteiger partial charge in [-0.2, -0.15) is 0 Å². The van der Waals surface area contributed by atoms with E-state index in [0.717, 1.165) is 0 Å². The number of sulfonamides is 1. The zero-order chi connectivity index (χ0) is 20.0. The van der Waals surface area contributed by atoms with Gasteiger partial charge in [-0.3, -0.25) is 14.8 Å². The zero-order valence-electron chi connectivity index (χ0n) is 14.2. The second kappa shape index (κ2) is 8.32. The summed E-state index contributed by atoms with van der Waals surface area (Å²) in [5.74, 6) is -1.75. The van der Waals surface area contributed by atoms with Crippen molar-refractivity contribution in [2.75, 3.05) is 4.72 Å². The smallest absolute Gasteiger partial charge is 0.338 e. The zero-order valence-corrected chi connectivity index (χ0v) is 15.0. The van der Waals surface area contributed by atoms with Crippen molar-refractivity contribution in [3.8, 4) is 0 Å². The van der Waals surface area contributed by atoms with Gasteiger partial charge in [0, 0.05) is 5.69 Å². The minimum atomic E-state index is -3.82. The predicted octanol–water partition coefficient (Wildman–Crippen LogP) is 1.23. The van der Waals surface area contributed by atoms with Crippen LogP contribution in [0.15, 0.2) is 59.5 Å². The Morgan fingerprint density at radius 1 is 1.04 bits per heavy atom. The first-order valence-corrected chi connectivity index (χ1v) is 9.16. The molecule has 0 bridgehead atoms. The van der Waals surface area contributed by atoms with Gasteiger partial charge in [0.15, 0.2) is 6.10 Å². The molecule has 2 rings (SSSR count). The number of hydrogen-bond donors (Lipinski definition) is 3. The Balaban J connectivity index is 2.12. The van der Waals surface area contributed by atoms with Gasteiger partial charge in [0.25, 0.3) is 15.9 Å². The highest BCUT2D eigenvalue weighted by molar-refractivity contribution is 7.92. The summed E-state index contributed by atoms with van der Waals surface area (Å²) in [7, 11) is -3.82. The maximum absolute atomic E-state index is 12.3. The Kier molecular flexibility index (Phi) is 6.14. The molecule has 0 spiro atoms. The quantitative estimate of drug-likeness (QED) is 0.632. The number of rotatable bonds is 6. The standard InChI is InChI=1S/C17H17N3O6S/c1-11(15(21)19-17(18)23)26-16(22)12-6-5-7-13(10-12)20-27(24,25)14-8-3-2-4-9-14/h2-11,20H,1H3,(H3,18,19,21,23)/t11-/m1/s1. The van der Waals surface area contributed by atoms with Gasteiger partial charge in [0.05, 0.1) is 10.5 Å². The lowest BCUT2D eigenvalue weighted by atomic mass is 10.2. The highest BCUT2D eigenvalue weighted by Crippen LogP contribution is 2.18. The fraction of sp³-hybridized carbons (Fsp3) is 0.118. The molecular formula is C17H17N3O6S. The molecule has 9 nitrogen and oxygen atoms in total. The average molecular weight is 391 g/mol. The first-order chi connectivity index (χ1) is 12.7. The number of carbonyl (C=O) groups is 3. The lowest BCUT2D eigenvalue weighted by Crippen LogP contribution is -2.42. The van der Waals surface area contributed by atoms with Gasteiger partial charge in [0.1, 0.15) is 0 Å². The normalized spacial score (nSPS) is 11.9. The van der Waals surface area contributed by atoms with E-state index in [-0.39, 0.29) is 16.1 Å². The van der Waals surface area contributed by atoms with Crippen molar-refractivity contribution in [2.45, 2.75) is 17.9 Å². The summed E-state index contributed by atoms with van der Waals surface area (Å²) in [6.07, 6.45) is -1.27. The van der Waals surface area contributed by atoms with Crippen LogP contribution in [0, 0.1) is 0 Å². The number of hydrogen-bond acceptors (Lipinski definition) is 6. The number of nitrogens with two attached hydrogens (primary N) is 1. The molecule has 0 heterocycles. The number of urea groups is 1. The van der Waals surface area contributed by atoms with Crippen molar-refractivity contribution < 1.29 is 27.5 Å². The molecular weight excluding hydrogens is 374 g/mol. The number of ether oxygens (including phenoxy) is 1. The first-order valence-electron chi connectivity index (χ1n) is 7.68. The Labute approximate surface area is 155 Å². The maximum Gasteiger partial charge on any atom is 0.338 e. The summed E-state index contributed by atoms with van der Waals surface area (Å²) < 4.78 is 31.9. The summed E-state index contributed by atoms with van der Waals surface area (Å²) in [4.78, 5) is 34.4. The summed E-state index contributed by atoms with van der Waals surface area (Å²) >= 11 is 0. The maximum atomic E-state index is 12.3. The van der Waals surface area contributed by atoms with Crippen molar-refractivity contribution in [1.29, 1.82) is 0 Å². The van der Waals surface area contributed by atoms with E-state index in [1.807, 2.05) is 0 Å². The van der Waals surface area contributed by atoms with Gasteiger partial charge in [0.2, 0.25) is 0 Å². The molecule has 2 aromatic carbocycles. The Morgan fingerprint density at radius 3 is 2.33 bits per heavy atom. The monoisotopic (exact) mass is 391 g/mol. The van der Waals surface area contributed by atoms with Gasteiger partial charge >= 0.3 is 12.0 Å². The van der Waals surface area contributed by atoms with Crippen molar-refractivity contribution >= 4 is 33.6 Å². The number of benzene rings is 2. The summed E-state index contributed by atoms with van der Waals surface area (Å²) in [5.41, 5.74) is 4.98. The van der Waals surface area contributed by atoms with Crippen LogP contribution in [0.4, 0.5) is 10.5 Å². The van der Waals surface area contributed by atoms with Crippen molar-refractivity contribution in [1.82, 2.24) is 5.32 Å². The third kappa shape index (κ3) is 5.54. The van der Waals surface area contributed by atoms with Crippen molar-refractivity contribution in [2.24, 2.45) is 5.73 Å². The highest BCUT2D eigenvalue weighted by Gasteiger charge is 2.21. The predicted molar refractivity (Wildman–Crippen MR) is 96.3 cm³/mol. The van der Waals surface area contributed by atoms with Crippen molar-refractivity contribution in [3.05, 3.63) is 60.2 Å². The van der Waals surface area contributed by atoms with Crippen molar-refractivity contribution in [3.63, 3.8) is 0 Å². The molecule has 0 saturated carbocycles.